The fourth-order valence-corrected chi connectivity index (χ4v) is 6.04. The standard InChI is InChI=1S/C24H28BBrF2N2/c1-8-18-14(4)23-21(20-12-10-11-13(3)22(20)26)24-15(5)19(9-2)17(7)30(24)25(27,28)29(23)16(18)6/h10-12H,8-9H2,1-7H3. The fraction of sp³-hybridized carbons (Fsp3) is 0.375. The molecule has 4 rings (SSSR count). The number of aryl methyl sites for hydroxylation is 1. The second-order valence-corrected chi connectivity index (χ2v) is 9.22. The van der Waals surface area contributed by atoms with Crippen molar-refractivity contribution in [3.05, 3.63) is 73.2 Å². The van der Waals surface area contributed by atoms with Gasteiger partial charge in [-0.05, 0) is 78.9 Å². The average Bonchev–Trinajstić information content (AvgIpc) is 3.10. The zero-order valence-corrected chi connectivity index (χ0v) is 20.3. The summed E-state index contributed by atoms with van der Waals surface area (Å²) < 4.78 is 36.0. The number of fused-ring (bicyclic) bond motifs is 2. The molecule has 0 bridgehead atoms. The van der Waals surface area contributed by atoms with Gasteiger partial charge in [0.15, 0.2) is 5.70 Å². The van der Waals surface area contributed by atoms with Gasteiger partial charge in [-0.15, -0.1) is 0 Å². The van der Waals surface area contributed by atoms with Crippen LogP contribution in [0.25, 0.3) is 5.57 Å². The molecule has 0 unspecified atom stereocenters. The molecule has 2 aliphatic heterocycles. The largest absolute Gasteiger partial charge is 0.737 e. The van der Waals surface area contributed by atoms with Crippen molar-refractivity contribution in [1.82, 2.24) is 4.48 Å². The Labute approximate surface area is 186 Å². The number of hydrogen-bond donors (Lipinski definition) is 0. The molecular weight excluding hydrogens is 445 g/mol. The molecule has 1 aromatic carbocycles. The molecule has 0 N–H and O–H groups in total. The number of benzene rings is 1. The van der Waals surface area contributed by atoms with Crippen LogP contribution in [-0.2, 0) is 6.42 Å². The molecular formula is C24H28BBrF2N2. The summed E-state index contributed by atoms with van der Waals surface area (Å²) in [6.45, 7) is 9.81. The van der Waals surface area contributed by atoms with E-state index in [9.17, 15) is 0 Å². The van der Waals surface area contributed by atoms with Gasteiger partial charge in [0.2, 0.25) is 0 Å². The smallest absolute Gasteiger partial charge is 0.393 e. The van der Waals surface area contributed by atoms with E-state index in [0.717, 1.165) is 56.3 Å². The molecule has 0 spiro atoms. The topological polar surface area (TPSA) is 7.94 Å². The summed E-state index contributed by atoms with van der Waals surface area (Å²) in [6.07, 6.45) is 1.47. The number of allylic oxidation sites excluding steroid dienone is 2. The van der Waals surface area contributed by atoms with Crippen LogP contribution in [0.3, 0.4) is 0 Å². The van der Waals surface area contributed by atoms with Crippen molar-refractivity contribution in [3.63, 3.8) is 0 Å². The SMILES string of the molecule is CCC1=C(C)C2=C(c3cccc(C)c3Br)c3c(C)c(CC)c(C)n3[B-](F)(F)[N+]2=C1C. The lowest BCUT2D eigenvalue weighted by molar-refractivity contribution is -0.363. The van der Waals surface area contributed by atoms with Gasteiger partial charge in [0.25, 0.3) is 0 Å². The van der Waals surface area contributed by atoms with Gasteiger partial charge in [0.1, 0.15) is 5.71 Å². The first-order chi connectivity index (χ1) is 14.1. The summed E-state index contributed by atoms with van der Waals surface area (Å²) in [7, 11) is 0. The maximum Gasteiger partial charge on any atom is 0.737 e. The number of nitrogens with zero attached hydrogens (tertiary/aromatic N) is 2. The van der Waals surface area contributed by atoms with E-state index < -0.39 is 6.97 Å². The molecule has 0 atom stereocenters. The summed E-state index contributed by atoms with van der Waals surface area (Å²) in [5.41, 5.74) is 9.59. The third-order valence-corrected chi connectivity index (χ3v) is 8.01. The summed E-state index contributed by atoms with van der Waals surface area (Å²) >= 11 is 3.76. The van der Waals surface area contributed by atoms with E-state index >= 15 is 8.63 Å². The van der Waals surface area contributed by atoms with Crippen molar-refractivity contribution in [2.45, 2.75) is 61.3 Å². The van der Waals surface area contributed by atoms with Crippen molar-refractivity contribution in [2.75, 3.05) is 0 Å². The lowest BCUT2D eigenvalue weighted by atomic mass is 9.83. The quantitative estimate of drug-likeness (QED) is 0.427. The first kappa shape index (κ1) is 21.3. The maximum atomic E-state index is 16.2. The van der Waals surface area contributed by atoms with Crippen molar-refractivity contribution < 1.29 is 13.1 Å². The van der Waals surface area contributed by atoms with E-state index in [-0.39, 0.29) is 0 Å². The molecule has 0 saturated carbocycles. The molecule has 0 aliphatic carbocycles. The fourth-order valence-electron chi connectivity index (χ4n) is 5.57. The van der Waals surface area contributed by atoms with E-state index in [1.807, 2.05) is 66.7 Å². The molecule has 30 heavy (non-hydrogen) atoms. The van der Waals surface area contributed by atoms with Crippen LogP contribution in [0, 0.1) is 20.8 Å². The minimum absolute atomic E-state index is 0.663. The van der Waals surface area contributed by atoms with E-state index in [0.29, 0.717) is 22.8 Å². The Morgan fingerprint density at radius 1 is 1.03 bits per heavy atom. The molecule has 3 heterocycles. The highest BCUT2D eigenvalue weighted by Gasteiger charge is 2.56. The van der Waals surface area contributed by atoms with Crippen LogP contribution in [0.15, 0.2) is 39.5 Å². The minimum atomic E-state index is -3.98. The van der Waals surface area contributed by atoms with Gasteiger partial charge in [-0.1, -0.05) is 32.0 Å². The second kappa shape index (κ2) is 7.05. The molecule has 0 fully saturated rings. The zero-order valence-electron chi connectivity index (χ0n) is 18.8. The third-order valence-electron chi connectivity index (χ3n) is 6.96. The monoisotopic (exact) mass is 472 g/mol. The summed E-state index contributed by atoms with van der Waals surface area (Å²) in [4.78, 5) is 0. The first-order valence-electron chi connectivity index (χ1n) is 10.7. The van der Waals surface area contributed by atoms with Crippen LogP contribution in [-0.4, -0.2) is 21.6 Å². The van der Waals surface area contributed by atoms with Crippen molar-refractivity contribution in [3.8, 4) is 0 Å². The van der Waals surface area contributed by atoms with Crippen LogP contribution in [0.1, 0.15) is 67.8 Å². The molecule has 0 amide bonds. The predicted octanol–water partition coefficient (Wildman–Crippen LogP) is 6.95. The highest BCUT2D eigenvalue weighted by molar-refractivity contribution is 9.10. The predicted molar refractivity (Wildman–Crippen MR) is 125 cm³/mol. The molecule has 158 valence electrons. The van der Waals surface area contributed by atoms with Gasteiger partial charge >= 0.3 is 6.97 Å². The van der Waals surface area contributed by atoms with Gasteiger partial charge in [0, 0.05) is 33.8 Å². The molecule has 1 aromatic heterocycles. The van der Waals surface area contributed by atoms with Gasteiger partial charge in [-0.2, -0.15) is 0 Å². The van der Waals surface area contributed by atoms with E-state index in [1.165, 1.54) is 8.96 Å². The first-order valence-corrected chi connectivity index (χ1v) is 11.4. The Bertz CT molecular complexity index is 1200. The number of aromatic nitrogens is 1. The number of halogens is 3. The summed E-state index contributed by atoms with van der Waals surface area (Å²) in [5, 5.41) is 0. The van der Waals surface area contributed by atoms with Gasteiger partial charge < -0.3 is 17.6 Å². The Kier molecular flexibility index (Phi) is 5.00. The third kappa shape index (κ3) is 2.55. The lowest BCUT2D eigenvalue weighted by Crippen LogP contribution is -2.51. The van der Waals surface area contributed by atoms with Crippen LogP contribution < -0.4 is 0 Å². The van der Waals surface area contributed by atoms with Crippen LogP contribution in [0.4, 0.5) is 8.63 Å². The molecule has 0 radical (unpaired) electrons. The van der Waals surface area contributed by atoms with Gasteiger partial charge in [0.05, 0.1) is 5.57 Å². The van der Waals surface area contributed by atoms with Gasteiger partial charge in [-0.25, -0.2) is 0 Å². The minimum Gasteiger partial charge on any atom is -0.393 e. The highest BCUT2D eigenvalue weighted by atomic mass is 79.9. The average molecular weight is 473 g/mol. The molecule has 2 aromatic rings. The van der Waals surface area contributed by atoms with E-state index in [1.54, 1.807) is 0 Å². The van der Waals surface area contributed by atoms with Crippen LogP contribution in [0.5, 0.6) is 0 Å². The highest BCUT2D eigenvalue weighted by Crippen LogP contribution is 2.48. The normalized spacial score (nSPS) is 17.8. The second-order valence-electron chi connectivity index (χ2n) is 8.42. The molecule has 6 heteroatoms. The summed E-state index contributed by atoms with van der Waals surface area (Å²) in [5.74, 6) is 0. The Balaban J connectivity index is 2.27. The Morgan fingerprint density at radius 2 is 1.70 bits per heavy atom. The van der Waals surface area contributed by atoms with Crippen LogP contribution in [0.2, 0.25) is 0 Å². The van der Waals surface area contributed by atoms with Crippen LogP contribution >= 0.6 is 15.9 Å². The Hall–Kier alpha value is -1.95. The Morgan fingerprint density at radius 3 is 2.30 bits per heavy atom. The van der Waals surface area contributed by atoms with Crippen molar-refractivity contribution >= 4 is 34.2 Å². The zero-order chi connectivity index (χ0) is 22.1. The van der Waals surface area contributed by atoms with E-state index in [4.69, 9.17) is 0 Å². The number of rotatable bonds is 3. The number of hydrogen-bond acceptors (Lipinski definition) is 0. The summed E-state index contributed by atoms with van der Waals surface area (Å²) in [6, 6.07) is 6.09. The van der Waals surface area contributed by atoms with E-state index in [2.05, 4.69) is 15.9 Å². The lowest BCUT2D eigenvalue weighted by Gasteiger charge is -2.34. The molecule has 2 aliphatic rings. The molecule has 2 nitrogen and oxygen atoms in total. The maximum absolute atomic E-state index is 16.2. The van der Waals surface area contributed by atoms with Crippen molar-refractivity contribution in [1.29, 1.82) is 0 Å². The van der Waals surface area contributed by atoms with Gasteiger partial charge in [-0.3, -0.25) is 0 Å². The van der Waals surface area contributed by atoms with Crippen molar-refractivity contribution in [2.24, 2.45) is 0 Å². The molecule has 0 saturated heterocycles.